The molecule has 0 radical (unpaired) electrons. The van der Waals surface area contributed by atoms with E-state index in [1.807, 2.05) is 72.3 Å². The van der Waals surface area contributed by atoms with Crippen molar-refractivity contribution in [1.29, 1.82) is 0 Å². The van der Waals surface area contributed by atoms with Crippen molar-refractivity contribution >= 4 is 104 Å². The van der Waals surface area contributed by atoms with Crippen LogP contribution < -0.4 is 9.47 Å². The summed E-state index contributed by atoms with van der Waals surface area (Å²) in [4.78, 5) is 13.7. The number of rotatable bonds is 10. The number of aliphatic carboxylic acids is 1. The summed E-state index contributed by atoms with van der Waals surface area (Å²) in [5.74, 6) is -0.947. The van der Waals surface area contributed by atoms with Crippen molar-refractivity contribution in [2.24, 2.45) is 7.05 Å². The number of benzene rings is 5. The number of hydrogen-bond donors (Lipinski definition) is 3. The molecule has 0 saturated carbocycles. The average Bonchev–Trinajstić information content (AvgIpc) is 3.26. The zero-order valence-electron chi connectivity index (χ0n) is 35.2. The molecule has 0 saturated heterocycles. The first-order valence-corrected chi connectivity index (χ1v) is 26.0. The van der Waals surface area contributed by atoms with Crippen LogP contribution in [0.1, 0.15) is 41.5 Å². The van der Waals surface area contributed by atoms with Gasteiger partial charge in [-0.15, -0.1) is 12.6 Å². The topological polar surface area (TPSA) is 262 Å². The van der Waals surface area contributed by atoms with Crippen molar-refractivity contribution in [1.82, 2.24) is 0 Å². The molecule has 0 fully saturated rings. The van der Waals surface area contributed by atoms with E-state index in [0.717, 1.165) is 49.2 Å². The second kappa shape index (κ2) is 19.1. The summed E-state index contributed by atoms with van der Waals surface area (Å²) >= 11 is 1.51. The lowest BCUT2D eigenvalue weighted by atomic mass is 9.89. The Hall–Kier alpha value is -6.30. The molecule has 5 aromatic carbocycles. The third-order valence-electron chi connectivity index (χ3n) is 11.2. The standard InChI is InChI=1S/C46H38N2O11S4.O3S/c1-47-41-9-4-3-8-37(41)35(38-21-16-32(25-42(38)47)61(51,52)53)19-12-29-6-5-7-30(46(29)60-31-14-10-28(11-15-31)24-45(49)50)13-20-36-39-22-17-33(62(54,55)56)26-43(39)48(2)44-27-34(63(57,58)59)18-23-40(36)44;1-4(2)3/h3-4,8-23,25-27H,5-7,24H2,1-2H3,(H3-,49,50,51,52,53,54,55,56,57,58,59);. The Morgan fingerprint density at radius 3 is 1.88 bits per heavy atom. The van der Waals surface area contributed by atoms with Gasteiger partial charge >= 0.3 is 16.6 Å². The number of aromatic nitrogens is 1. The first kappa shape index (κ1) is 48.6. The molecule has 0 spiro atoms. The van der Waals surface area contributed by atoms with Gasteiger partial charge in [-0.3, -0.25) is 13.9 Å². The molecule has 1 aliphatic carbocycles. The van der Waals surface area contributed by atoms with E-state index in [1.165, 1.54) is 48.2 Å². The highest BCUT2D eigenvalue weighted by molar-refractivity contribution is 8.03. The lowest BCUT2D eigenvalue weighted by Crippen LogP contribution is -2.30. The minimum atomic E-state index is -4.73. The Bertz CT molecular complexity index is 3550. The number of carboxylic acids is 1. The van der Waals surface area contributed by atoms with Gasteiger partial charge < -0.3 is 14.6 Å². The molecule has 67 heavy (non-hydrogen) atoms. The Morgan fingerprint density at radius 2 is 1.31 bits per heavy atom. The maximum absolute atomic E-state index is 12.2. The summed E-state index contributed by atoms with van der Waals surface area (Å²) in [7, 11) is -13.6. The molecule has 1 aromatic heterocycles. The molecule has 0 bridgehead atoms. The van der Waals surface area contributed by atoms with Gasteiger partial charge in [0.05, 0.1) is 43.3 Å². The van der Waals surface area contributed by atoms with Crippen molar-refractivity contribution in [2.45, 2.75) is 45.3 Å². The van der Waals surface area contributed by atoms with E-state index in [9.17, 15) is 48.8 Å². The second-order valence-electron chi connectivity index (χ2n) is 15.3. The first-order valence-electron chi connectivity index (χ1n) is 19.9. The van der Waals surface area contributed by atoms with Crippen LogP contribution in [0.5, 0.6) is 0 Å². The Kier molecular flexibility index (Phi) is 13.9. The third kappa shape index (κ3) is 10.8. The molecule has 0 atom stereocenters. The van der Waals surface area contributed by atoms with Crippen LogP contribution in [-0.2, 0) is 59.2 Å². The number of aryl methyl sites for hydroxylation is 1. The summed E-state index contributed by atoms with van der Waals surface area (Å²) in [5, 5.41) is 11.0. The van der Waals surface area contributed by atoms with Crippen LogP contribution in [0, 0.1) is 0 Å². The minimum Gasteiger partial charge on any atom is -0.744 e. The largest absolute Gasteiger partial charge is 0.744 e. The summed E-state index contributed by atoms with van der Waals surface area (Å²) in [6, 6.07) is 27.6. The van der Waals surface area contributed by atoms with Crippen molar-refractivity contribution < 1.29 is 66.0 Å². The molecule has 2 heterocycles. The number of hydrogen-bond acceptors (Lipinski definition) is 13. The van der Waals surface area contributed by atoms with Gasteiger partial charge in [0, 0.05) is 45.7 Å². The number of carboxylic acid groups (broad SMARTS) is 1. The molecule has 1 aliphatic heterocycles. The highest BCUT2D eigenvalue weighted by Crippen LogP contribution is 2.47. The van der Waals surface area contributed by atoms with Gasteiger partial charge in [-0.2, -0.15) is 21.4 Å². The van der Waals surface area contributed by atoms with Gasteiger partial charge in [-0.05, 0) is 96.1 Å². The van der Waals surface area contributed by atoms with Crippen LogP contribution in [-0.4, -0.2) is 69.7 Å². The van der Waals surface area contributed by atoms with Crippen LogP contribution in [0.25, 0.3) is 33.5 Å². The number of pyridine rings is 1. The number of allylic oxidation sites excluding steroid dienone is 5. The number of nitrogens with zero attached hydrogens (tertiary/aromatic N) is 2. The lowest BCUT2D eigenvalue weighted by Gasteiger charge is -2.32. The minimum absolute atomic E-state index is 0.130. The van der Waals surface area contributed by atoms with E-state index in [0.29, 0.717) is 52.0 Å². The maximum atomic E-state index is 12.2. The van der Waals surface area contributed by atoms with Gasteiger partial charge in [-0.25, -0.2) is 8.42 Å². The Labute approximate surface area is 391 Å². The monoisotopic (exact) mass is 1000 g/mol. The van der Waals surface area contributed by atoms with E-state index in [2.05, 4.69) is 0 Å². The van der Waals surface area contributed by atoms with E-state index in [-0.39, 0.29) is 21.1 Å². The zero-order valence-corrected chi connectivity index (χ0v) is 39.3. The predicted molar refractivity (Wildman–Crippen MR) is 250 cm³/mol. The predicted octanol–water partition coefficient (Wildman–Crippen LogP) is 7.22. The molecule has 0 amide bonds. The third-order valence-corrected chi connectivity index (χ3v) is 14.9. The summed E-state index contributed by atoms with van der Waals surface area (Å²) in [6.07, 6.45) is 9.85. The van der Waals surface area contributed by atoms with Gasteiger partial charge in [0.25, 0.3) is 20.2 Å². The normalized spacial score (nSPS) is 14.8. The Morgan fingerprint density at radius 1 is 0.746 bits per heavy atom. The molecule has 21 heteroatoms. The van der Waals surface area contributed by atoms with E-state index in [1.54, 1.807) is 42.3 Å². The zero-order chi connectivity index (χ0) is 48.6. The van der Waals surface area contributed by atoms with Crippen molar-refractivity contribution in [3.8, 4) is 0 Å². The molecule has 6 aromatic rings. The summed E-state index contributed by atoms with van der Waals surface area (Å²) in [5.41, 5.74) is 7.30. The lowest BCUT2D eigenvalue weighted by molar-refractivity contribution is -0.617. The van der Waals surface area contributed by atoms with Gasteiger partial charge in [0.15, 0.2) is 0 Å². The van der Waals surface area contributed by atoms with E-state index < -0.39 is 46.9 Å². The van der Waals surface area contributed by atoms with Crippen LogP contribution in [0.4, 0.5) is 11.4 Å². The fraction of sp³-hybridized carbons (Fsp3) is 0.130. The summed E-state index contributed by atoms with van der Waals surface area (Å²) < 4.78 is 132. The average molecular weight is 1000 g/mol. The molecule has 346 valence electrons. The number of anilines is 2. The van der Waals surface area contributed by atoms with Crippen LogP contribution in [0.3, 0.4) is 0 Å². The molecule has 0 unspecified atom stereocenters. The number of carbonyl (C=O) groups is 1. The fourth-order valence-corrected chi connectivity index (χ4v) is 10.7. The smallest absolute Gasteiger partial charge is 0.425 e. The molecular formula is C46H38N2O14S5. The SMILES string of the molecule is CN1c2cc(S(=O)(=O)O)ccc2C(=C/C=C2\CCCC(/C=C/c3c4ccccc4[n+](C)c4cc(S(=O)(=O)[O-])ccc34)=C2Sc2ccc(CC(=O)O)cc2)c2ccc(S(=O)(=O)O)cc21.O=S(=O)=O. The number of para-hydroxylation sites is 1. The summed E-state index contributed by atoms with van der Waals surface area (Å²) in [6.45, 7) is 0. The highest BCUT2D eigenvalue weighted by atomic mass is 32.2. The van der Waals surface area contributed by atoms with Gasteiger partial charge in [-0.1, -0.05) is 72.5 Å². The first-order chi connectivity index (χ1) is 31.5. The second-order valence-corrected chi connectivity index (χ2v) is 21.0. The quantitative estimate of drug-likeness (QED) is 0.0695. The molecule has 2 aliphatic rings. The van der Waals surface area contributed by atoms with Crippen LogP contribution >= 0.6 is 11.8 Å². The maximum Gasteiger partial charge on any atom is 0.425 e. The van der Waals surface area contributed by atoms with Gasteiger partial charge in [0.2, 0.25) is 11.0 Å². The van der Waals surface area contributed by atoms with Crippen LogP contribution in [0.15, 0.2) is 157 Å². The van der Waals surface area contributed by atoms with Gasteiger partial charge in [0.1, 0.15) is 17.2 Å². The highest BCUT2D eigenvalue weighted by Gasteiger charge is 2.28. The molecule has 3 N–H and O–H groups in total. The molecular weight excluding hydrogens is 965 g/mol. The molecule has 8 rings (SSSR count). The van der Waals surface area contributed by atoms with Crippen molar-refractivity contribution in [2.75, 3.05) is 11.9 Å². The van der Waals surface area contributed by atoms with Crippen molar-refractivity contribution in [3.63, 3.8) is 0 Å². The van der Waals surface area contributed by atoms with E-state index >= 15 is 0 Å². The van der Waals surface area contributed by atoms with E-state index in [4.69, 9.17) is 12.6 Å². The van der Waals surface area contributed by atoms with Crippen molar-refractivity contribution in [3.05, 3.63) is 160 Å². The Balaban J connectivity index is 0.00000160. The molecule has 16 nitrogen and oxygen atoms in total. The fourth-order valence-electron chi connectivity index (χ4n) is 8.12. The number of fused-ring (bicyclic) bond motifs is 4. The number of thioether (sulfide) groups is 1. The van der Waals surface area contributed by atoms with Crippen LogP contribution in [0.2, 0.25) is 0 Å².